The zero-order valence-corrected chi connectivity index (χ0v) is 23.9. The van der Waals surface area contributed by atoms with Gasteiger partial charge >= 0.3 is 0 Å². The molecule has 0 bridgehead atoms. The first-order chi connectivity index (χ1) is 17.2. The fourth-order valence-electron chi connectivity index (χ4n) is 3.77. The van der Waals surface area contributed by atoms with Crippen LogP contribution in [0.4, 0.5) is 25.8 Å². The molecule has 0 spiro atoms. The number of benzene rings is 2. The van der Waals surface area contributed by atoms with E-state index in [0.29, 0.717) is 35.2 Å². The number of hydrogen-bond acceptors (Lipinski definition) is 6. The van der Waals surface area contributed by atoms with E-state index in [0.717, 1.165) is 22.5 Å². The van der Waals surface area contributed by atoms with Gasteiger partial charge in [-0.25, -0.2) is 26.5 Å². The number of ether oxygens (including phenoxy) is 1. The van der Waals surface area contributed by atoms with Crippen LogP contribution in [-0.4, -0.2) is 45.1 Å². The van der Waals surface area contributed by atoms with Gasteiger partial charge in [0, 0.05) is 39.5 Å². The summed E-state index contributed by atoms with van der Waals surface area (Å²) in [5.74, 6) is -2.02. The Bertz CT molecular complexity index is 1460. The third-order valence-electron chi connectivity index (χ3n) is 5.91. The number of rotatable bonds is 11. The van der Waals surface area contributed by atoms with E-state index < -0.39 is 42.1 Å². The quantitative estimate of drug-likeness (QED) is 0.202. The molecule has 2 aromatic carbocycles. The van der Waals surface area contributed by atoms with Crippen LogP contribution in [0.25, 0.3) is 10.9 Å². The fourth-order valence-corrected chi connectivity index (χ4v) is 5.93. The Hall–Kier alpha value is -2.83. The van der Waals surface area contributed by atoms with Crippen molar-refractivity contribution in [1.82, 2.24) is 9.55 Å². The molecule has 0 unspecified atom stereocenters. The number of aromatic nitrogens is 2. The summed E-state index contributed by atoms with van der Waals surface area (Å²) in [5.41, 5.74) is 0.346. The molecule has 8 nitrogen and oxygen atoms in total. The van der Waals surface area contributed by atoms with Gasteiger partial charge < -0.3 is 14.6 Å². The van der Waals surface area contributed by atoms with Gasteiger partial charge in [0.1, 0.15) is 12.5 Å². The molecule has 3 rings (SSSR count). The van der Waals surface area contributed by atoms with Crippen molar-refractivity contribution in [2.24, 2.45) is 7.05 Å². The summed E-state index contributed by atoms with van der Waals surface area (Å²) in [5, 5.41) is 3.18. The lowest BCUT2D eigenvalue weighted by Gasteiger charge is -2.26. The molecule has 0 aliphatic heterocycles. The SMILES string of the molecule is CCCS(=O)(=O)N(COCC[Si](C)(C)C)c1cc(F)cc(Nc2ccc3ncn(C)c(=O)c3c2C)c1F. The van der Waals surface area contributed by atoms with Crippen molar-refractivity contribution in [3.63, 3.8) is 0 Å². The number of sulfonamides is 1. The first-order valence-corrected chi connectivity index (χ1v) is 17.4. The number of anilines is 3. The van der Waals surface area contributed by atoms with Gasteiger partial charge in [-0.15, -0.1) is 0 Å². The third-order valence-corrected chi connectivity index (χ3v) is 9.51. The van der Waals surface area contributed by atoms with Crippen LogP contribution in [0.3, 0.4) is 0 Å². The molecular formula is C25H34F2N4O4SSi. The summed E-state index contributed by atoms with van der Waals surface area (Å²) < 4.78 is 64.3. The van der Waals surface area contributed by atoms with E-state index in [1.807, 2.05) is 0 Å². The van der Waals surface area contributed by atoms with Crippen molar-refractivity contribution in [3.05, 3.63) is 58.1 Å². The van der Waals surface area contributed by atoms with Crippen molar-refractivity contribution in [1.29, 1.82) is 0 Å². The fraction of sp³-hybridized carbons (Fsp3) is 0.440. The number of nitrogens with one attached hydrogen (secondary N) is 1. The Morgan fingerprint density at radius 1 is 1.16 bits per heavy atom. The summed E-state index contributed by atoms with van der Waals surface area (Å²) in [7, 11) is -3.85. The van der Waals surface area contributed by atoms with E-state index in [2.05, 4.69) is 29.9 Å². The van der Waals surface area contributed by atoms with Crippen LogP contribution >= 0.6 is 0 Å². The first kappa shape index (κ1) is 28.7. The Morgan fingerprint density at radius 3 is 2.51 bits per heavy atom. The Kier molecular flexibility index (Phi) is 8.76. The molecule has 1 N–H and O–H groups in total. The van der Waals surface area contributed by atoms with Gasteiger partial charge in [-0.3, -0.25) is 4.79 Å². The molecule has 3 aromatic rings. The number of fused-ring (bicyclic) bond motifs is 1. The van der Waals surface area contributed by atoms with Gasteiger partial charge in [0.15, 0.2) is 5.82 Å². The lowest BCUT2D eigenvalue weighted by Crippen LogP contribution is -2.36. The maximum Gasteiger partial charge on any atom is 0.261 e. The first-order valence-electron chi connectivity index (χ1n) is 12.0. The molecule has 0 amide bonds. The van der Waals surface area contributed by atoms with E-state index in [1.54, 1.807) is 33.0 Å². The summed E-state index contributed by atoms with van der Waals surface area (Å²) in [6, 6.07) is 5.81. The van der Waals surface area contributed by atoms with Gasteiger partial charge in [-0.1, -0.05) is 26.6 Å². The van der Waals surface area contributed by atoms with Crippen LogP contribution in [-0.2, 0) is 21.8 Å². The van der Waals surface area contributed by atoms with E-state index in [1.165, 1.54) is 10.9 Å². The van der Waals surface area contributed by atoms with E-state index in [-0.39, 0.29) is 17.0 Å². The zero-order valence-electron chi connectivity index (χ0n) is 22.1. The van der Waals surface area contributed by atoms with Gasteiger partial charge in [0.2, 0.25) is 10.0 Å². The smallest absolute Gasteiger partial charge is 0.261 e. The highest BCUT2D eigenvalue weighted by atomic mass is 32.2. The summed E-state index contributed by atoms with van der Waals surface area (Å²) in [6.07, 6.45) is 1.71. The maximum absolute atomic E-state index is 15.8. The molecule has 0 saturated heterocycles. The molecular weight excluding hydrogens is 518 g/mol. The highest BCUT2D eigenvalue weighted by Gasteiger charge is 2.27. The minimum atomic E-state index is -3.98. The molecule has 12 heteroatoms. The van der Waals surface area contributed by atoms with Crippen molar-refractivity contribution < 1.29 is 21.9 Å². The highest BCUT2D eigenvalue weighted by Crippen LogP contribution is 2.33. The predicted molar refractivity (Wildman–Crippen MR) is 147 cm³/mol. The number of hydrogen-bond donors (Lipinski definition) is 1. The van der Waals surface area contributed by atoms with Crippen molar-refractivity contribution in [2.45, 2.75) is 46.0 Å². The number of halogens is 2. The zero-order chi connectivity index (χ0) is 27.5. The molecule has 0 aliphatic rings. The van der Waals surface area contributed by atoms with Crippen LogP contribution in [0.1, 0.15) is 18.9 Å². The van der Waals surface area contributed by atoms with Crippen LogP contribution in [0.2, 0.25) is 25.7 Å². The molecule has 0 fully saturated rings. The topological polar surface area (TPSA) is 93.5 Å². The predicted octanol–water partition coefficient (Wildman–Crippen LogP) is 5.12. The average Bonchev–Trinajstić information content (AvgIpc) is 2.79. The van der Waals surface area contributed by atoms with Crippen LogP contribution in [0.15, 0.2) is 35.4 Å². The van der Waals surface area contributed by atoms with Crippen molar-refractivity contribution in [2.75, 3.05) is 28.7 Å². The largest absolute Gasteiger partial charge is 0.360 e. The van der Waals surface area contributed by atoms with Crippen LogP contribution in [0, 0.1) is 18.6 Å². The molecule has 0 atom stereocenters. The minimum Gasteiger partial charge on any atom is -0.360 e. The van der Waals surface area contributed by atoms with Gasteiger partial charge in [-0.2, -0.15) is 0 Å². The van der Waals surface area contributed by atoms with E-state index >= 15 is 4.39 Å². The molecule has 0 radical (unpaired) electrons. The lowest BCUT2D eigenvalue weighted by molar-refractivity contribution is 0.156. The third kappa shape index (κ3) is 6.73. The second-order valence-electron chi connectivity index (χ2n) is 10.2. The van der Waals surface area contributed by atoms with Gasteiger partial charge in [0.25, 0.3) is 5.56 Å². The lowest BCUT2D eigenvalue weighted by atomic mass is 10.1. The van der Waals surface area contributed by atoms with E-state index in [9.17, 15) is 17.6 Å². The summed E-state index contributed by atoms with van der Waals surface area (Å²) in [4.78, 5) is 16.9. The summed E-state index contributed by atoms with van der Waals surface area (Å²) in [6.45, 7) is 9.74. The van der Waals surface area contributed by atoms with Gasteiger partial charge in [-0.05, 0) is 37.1 Å². The standard InChI is InChI=1S/C25H34F2N4O4SSi/c1-7-11-36(33,34)31(16-35-10-12-37(4,5)6)22-14-18(26)13-21(24(22)27)29-19-8-9-20-23(17(19)2)25(32)30(3)15-28-20/h8-9,13-15,29H,7,10-12,16H2,1-6H3. The Morgan fingerprint density at radius 2 is 1.86 bits per heavy atom. The normalized spacial score (nSPS) is 12.2. The second kappa shape index (κ2) is 11.3. The second-order valence-corrected chi connectivity index (χ2v) is 17.9. The minimum absolute atomic E-state index is 0.247. The van der Waals surface area contributed by atoms with Crippen molar-refractivity contribution in [3.8, 4) is 0 Å². The highest BCUT2D eigenvalue weighted by molar-refractivity contribution is 7.92. The Balaban J connectivity index is 2.03. The number of nitrogens with zero attached hydrogens (tertiary/aromatic N) is 3. The summed E-state index contributed by atoms with van der Waals surface area (Å²) >= 11 is 0. The average molecular weight is 553 g/mol. The van der Waals surface area contributed by atoms with Gasteiger partial charge in [0.05, 0.1) is 34.4 Å². The molecule has 0 saturated carbocycles. The van der Waals surface area contributed by atoms with E-state index in [4.69, 9.17) is 4.74 Å². The maximum atomic E-state index is 15.8. The molecule has 0 aliphatic carbocycles. The van der Waals surface area contributed by atoms with Crippen LogP contribution in [0.5, 0.6) is 0 Å². The monoisotopic (exact) mass is 552 g/mol. The molecule has 202 valence electrons. The molecule has 1 aromatic heterocycles. The molecule has 37 heavy (non-hydrogen) atoms. The number of aryl methyl sites for hydroxylation is 2. The van der Waals surface area contributed by atoms with Crippen LogP contribution < -0.4 is 15.2 Å². The van der Waals surface area contributed by atoms with Crippen molar-refractivity contribution >= 4 is 46.1 Å². The molecule has 1 heterocycles. The Labute approximate surface area is 217 Å².